The average Bonchev–Trinajstić information content (AvgIpc) is 3.36. The van der Waals surface area contributed by atoms with Gasteiger partial charge in [0.1, 0.15) is 17.3 Å². The zero-order valence-electron chi connectivity index (χ0n) is 16.8. The first kappa shape index (κ1) is 22.2. The number of alkyl halides is 3. The minimum atomic E-state index is -4.61. The molecule has 0 spiro atoms. The van der Waals surface area contributed by atoms with Crippen molar-refractivity contribution in [2.75, 3.05) is 18.4 Å². The highest BCUT2D eigenvalue weighted by Gasteiger charge is 2.41. The first-order chi connectivity index (χ1) is 15.0. The smallest absolute Gasteiger partial charge is 0.365 e. The SMILES string of the molecule is Cn1cnc(S(=O)(=O)N2CC(Nc3cccc(C(F)(F)F)n3)C(c3ccc(F)cc3)C2)c1. The molecule has 32 heavy (non-hydrogen) atoms. The standard InChI is InChI=1S/C20H19F4N5O2S/c1-28-11-19(25-12-28)32(30,31)29-9-15(13-5-7-14(21)8-6-13)16(10-29)26-18-4-2-3-17(27-18)20(22,23)24/h2-8,11-12,15-16H,9-10H2,1H3,(H,26,27). The number of aromatic nitrogens is 3. The number of nitrogens with one attached hydrogen (secondary N) is 1. The van der Waals surface area contributed by atoms with Crippen LogP contribution in [0.2, 0.25) is 0 Å². The molecule has 12 heteroatoms. The number of sulfonamides is 1. The number of halogens is 4. The maximum Gasteiger partial charge on any atom is 0.433 e. The fourth-order valence-electron chi connectivity index (χ4n) is 3.68. The second-order valence-corrected chi connectivity index (χ2v) is 9.40. The third kappa shape index (κ3) is 4.46. The molecular weight excluding hydrogens is 450 g/mol. The van der Waals surface area contributed by atoms with E-state index in [0.717, 1.165) is 6.07 Å². The van der Waals surface area contributed by atoms with Crippen LogP contribution >= 0.6 is 0 Å². The van der Waals surface area contributed by atoms with Gasteiger partial charge in [0.25, 0.3) is 10.0 Å². The third-order valence-electron chi connectivity index (χ3n) is 5.24. The molecule has 1 saturated heterocycles. The first-order valence-corrected chi connectivity index (χ1v) is 11.0. The van der Waals surface area contributed by atoms with Crippen molar-refractivity contribution in [3.63, 3.8) is 0 Å². The fraction of sp³-hybridized carbons (Fsp3) is 0.300. The maximum atomic E-state index is 13.4. The Kier molecular flexibility index (Phi) is 5.67. The Bertz CT molecular complexity index is 1210. The molecule has 1 aromatic carbocycles. The number of aryl methyl sites for hydroxylation is 1. The molecule has 1 aliphatic heterocycles. The van der Waals surface area contributed by atoms with Crippen LogP contribution in [0.1, 0.15) is 17.2 Å². The number of rotatable bonds is 5. The lowest BCUT2D eigenvalue weighted by atomic mass is 9.94. The van der Waals surface area contributed by atoms with E-state index < -0.39 is 39.7 Å². The van der Waals surface area contributed by atoms with E-state index in [1.807, 2.05) is 0 Å². The van der Waals surface area contributed by atoms with Crippen LogP contribution in [-0.2, 0) is 23.2 Å². The Balaban J connectivity index is 1.66. The molecule has 0 amide bonds. The highest BCUT2D eigenvalue weighted by Crippen LogP contribution is 2.34. The third-order valence-corrected chi connectivity index (χ3v) is 6.96. The van der Waals surface area contributed by atoms with Crippen LogP contribution in [0.4, 0.5) is 23.4 Å². The Morgan fingerprint density at radius 1 is 1.09 bits per heavy atom. The van der Waals surface area contributed by atoms with E-state index in [-0.39, 0.29) is 23.9 Å². The minimum absolute atomic E-state index is 0.0289. The van der Waals surface area contributed by atoms with Crippen LogP contribution in [0.3, 0.4) is 0 Å². The predicted octanol–water partition coefficient (Wildman–Crippen LogP) is 3.24. The van der Waals surface area contributed by atoms with Gasteiger partial charge in [-0.3, -0.25) is 0 Å². The molecule has 4 rings (SSSR count). The highest BCUT2D eigenvalue weighted by atomic mass is 32.2. The Labute approximate surface area is 181 Å². The summed E-state index contributed by atoms with van der Waals surface area (Å²) in [6.07, 6.45) is -1.88. The van der Waals surface area contributed by atoms with Crippen LogP contribution in [0.5, 0.6) is 0 Å². The Morgan fingerprint density at radius 3 is 2.44 bits per heavy atom. The van der Waals surface area contributed by atoms with Gasteiger partial charge in [0.15, 0.2) is 5.03 Å². The summed E-state index contributed by atoms with van der Waals surface area (Å²) in [5.41, 5.74) is -0.411. The molecule has 0 saturated carbocycles. The Hall–Kier alpha value is -2.99. The van der Waals surface area contributed by atoms with Crippen molar-refractivity contribution in [1.29, 1.82) is 0 Å². The summed E-state index contributed by atoms with van der Waals surface area (Å²) in [6, 6.07) is 8.44. The Morgan fingerprint density at radius 2 is 1.81 bits per heavy atom. The van der Waals surface area contributed by atoms with Crippen molar-refractivity contribution in [3.05, 3.63) is 72.1 Å². The van der Waals surface area contributed by atoms with Gasteiger partial charge in [-0.2, -0.15) is 17.5 Å². The molecule has 7 nitrogen and oxygen atoms in total. The number of nitrogens with zero attached hydrogens (tertiary/aromatic N) is 4. The van der Waals surface area contributed by atoms with E-state index in [4.69, 9.17) is 0 Å². The number of anilines is 1. The summed E-state index contributed by atoms with van der Waals surface area (Å²) in [7, 11) is -2.30. The molecule has 2 unspecified atom stereocenters. The fourth-order valence-corrected chi connectivity index (χ4v) is 5.13. The van der Waals surface area contributed by atoms with Crippen LogP contribution < -0.4 is 5.32 Å². The van der Waals surface area contributed by atoms with Gasteiger partial charge in [0, 0.05) is 38.3 Å². The van der Waals surface area contributed by atoms with E-state index in [2.05, 4.69) is 15.3 Å². The molecule has 0 aliphatic carbocycles. The van der Waals surface area contributed by atoms with E-state index in [1.54, 1.807) is 7.05 Å². The van der Waals surface area contributed by atoms with Crippen molar-refractivity contribution in [2.24, 2.45) is 7.05 Å². The van der Waals surface area contributed by atoms with Crippen molar-refractivity contribution in [1.82, 2.24) is 18.8 Å². The van der Waals surface area contributed by atoms with Gasteiger partial charge in [0.2, 0.25) is 0 Å². The van der Waals surface area contributed by atoms with Gasteiger partial charge in [-0.25, -0.2) is 22.8 Å². The number of pyridine rings is 1. The maximum absolute atomic E-state index is 13.4. The van der Waals surface area contributed by atoms with E-state index in [1.165, 1.54) is 57.8 Å². The summed E-state index contributed by atoms with van der Waals surface area (Å²) in [5, 5.41) is 2.81. The first-order valence-electron chi connectivity index (χ1n) is 9.58. The zero-order valence-corrected chi connectivity index (χ0v) is 17.6. The molecule has 0 radical (unpaired) electrons. The molecule has 3 aromatic rings. The molecule has 1 aliphatic rings. The minimum Gasteiger partial charge on any atom is -0.365 e. The van der Waals surface area contributed by atoms with Crippen LogP contribution in [0.15, 0.2) is 60.0 Å². The molecule has 2 aromatic heterocycles. The zero-order chi connectivity index (χ0) is 23.1. The van der Waals surface area contributed by atoms with E-state index in [0.29, 0.717) is 5.56 Å². The van der Waals surface area contributed by atoms with Crippen molar-refractivity contribution < 1.29 is 26.0 Å². The molecule has 1 fully saturated rings. The summed E-state index contributed by atoms with van der Waals surface area (Å²) in [6.45, 7) is 0.0139. The molecule has 1 N–H and O–H groups in total. The summed E-state index contributed by atoms with van der Waals surface area (Å²) < 4.78 is 81.4. The molecule has 170 valence electrons. The van der Waals surface area contributed by atoms with Crippen LogP contribution in [0.25, 0.3) is 0 Å². The number of benzene rings is 1. The molecule has 3 heterocycles. The second kappa shape index (κ2) is 8.17. The molecule has 0 bridgehead atoms. The summed E-state index contributed by atoms with van der Waals surface area (Å²) >= 11 is 0. The number of hydrogen-bond donors (Lipinski definition) is 1. The predicted molar refractivity (Wildman–Crippen MR) is 108 cm³/mol. The summed E-state index contributed by atoms with van der Waals surface area (Å²) in [5.74, 6) is -0.937. The van der Waals surface area contributed by atoms with Crippen molar-refractivity contribution in [3.8, 4) is 0 Å². The molecule has 2 atom stereocenters. The van der Waals surface area contributed by atoms with Gasteiger partial charge in [0.05, 0.1) is 6.33 Å². The lowest BCUT2D eigenvalue weighted by molar-refractivity contribution is -0.141. The summed E-state index contributed by atoms with van der Waals surface area (Å²) in [4.78, 5) is 7.53. The number of hydrogen-bond acceptors (Lipinski definition) is 5. The normalized spacial score (nSPS) is 19.9. The van der Waals surface area contributed by atoms with Gasteiger partial charge in [-0.05, 0) is 29.8 Å². The lowest BCUT2D eigenvalue weighted by Crippen LogP contribution is -2.32. The van der Waals surface area contributed by atoms with Crippen molar-refractivity contribution in [2.45, 2.75) is 23.2 Å². The average molecular weight is 469 g/mol. The highest BCUT2D eigenvalue weighted by molar-refractivity contribution is 7.89. The van der Waals surface area contributed by atoms with Crippen LogP contribution in [0, 0.1) is 5.82 Å². The van der Waals surface area contributed by atoms with Crippen LogP contribution in [-0.4, -0.2) is 46.4 Å². The second-order valence-electron chi connectivity index (χ2n) is 7.51. The van der Waals surface area contributed by atoms with Crippen molar-refractivity contribution >= 4 is 15.8 Å². The molecular formula is C20H19F4N5O2S. The topological polar surface area (TPSA) is 80.1 Å². The van der Waals surface area contributed by atoms with E-state index >= 15 is 0 Å². The van der Waals surface area contributed by atoms with Gasteiger partial charge in [-0.15, -0.1) is 0 Å². The lowest BCUT2D eigenvalue weighted by Gasteiger charge is -2.21. The van der Waals surface area contributed by atoms with Gasteiger partial charge >= 0.3 is 6.18 Å². The van der Waals surface area contributed by atoms with E-state index in [9.17, 15) is 26.0 Å². The van der Waals surface area contributed by atoms with Gasteiger partial charge in [-0.1, -0.05) is 18.2 Å². The van der Waals surface area contributed by atoms with Gasteiger partial charge < -0.3 is 9.88 Å². The largest absolute Gasteiger partial charge is 0.433 e. The quantitative estimate of drug-likeness (QED) is 0.581. The monoisotopic (exact) mass is 469 g/mol. The number of imidazole rings is 1.